The van der Waals surface area contributed by atoms with Gasteiger partial charge in [-0.3, -0.25) is 4.79 Å². The Hall–Kier alpha value is -2.61. The number of nitrogens with zero attached hydrogens (tertiary/aromatic N) is 2. The molecular formula is C16H10ClF4N3O. The van der Waals surface area contributed by atoms with E-state index in [0.717, 1.165) is 22.7 Å². The summed E-state index contributed by atoms with van der Waals surface area (Å²) in [7, 11) is 0. The number of aromatic nitrogens is 2. The van der Waals surface area contributed by atoms with Crippen LogP contribution in [0.3, 0.4) is 0 Å². The quantitative estimate of drug-likeness (QED) is 0.697. The first-order chi connectivity index (χ1) is 11.7. The third kappa shape index (κ3) is 3.90. The van der Waals surface area contributed by atoms with E-state index in [-0.39, 0.29) is 28.5 Å². The highest BCUT2D eigenvalue weighted by Crippen LogP contribution is 2.32. The van der Waals surface area contributed by atoms with Crippen LogP contribution >= 0.6 is 11.6 Å². The van der Waals surface area contributed by atoms with Crippen LogP contribution in [0.2, 0.25) is 5.02 Å². The molecule has 3 aromatic rings. The summed E-state index contributed by atoms with van der Waals surface area (Å²) in [6.07, 6.45) is -2.60. The zero-order chi connectivity index (χ0) is 18.2. The normalized spacial score (nSPS) is 11.7. The molecule has 0 bridgehead atoms. The number of fused-ring (bicyclic) bond motifs is 1. The number of benzene rings is 1. The van der Waals surface area contributed by atoms with Gasteiger partial charge in [-0.05, 0) is 24.3 Å². The summed E-state index contributed by atoms with van der Waals surface area (Å²) in [5.41, 5.74) is -0.303. The molecule has 2 heterocycles. The van der Waals surface area contributed by atoms with Crippen LogP contribution in [0.1, 0.15) is 11.3 Å². The zero-order valence-corrected chi connectivity index (χ0v) is 13.2. The number of carbonyl (C=O) groups excluding carboxylic acids is 1. The minimum Gasteiger partial charge on any atom is -0.326 e. The van der Waals surface area contributed by atoms with Crippen molar-refractivity contribution in [3.8, 4) is 0 Å². The van der Waals surface area contributed by atoms with Gasteiger partial charge in [0, 0.05) is 18.1 Å². The average molecular weight is 372 g/mol. The number of imidazole rings is 1. The van der Waals surface area contributed by atoms with Crippen LogP contribution < -0.4 is 5.32 Å². The summed E-state index contributed by atoms with van der Waals surface area (Å²) in [4.78, 5) is 16.0. The second-order valence-corrected chi connectivity index (χ2v) is 5.68. The number of carbonyl (C=O) groups is 1. The molecule has 1 N–H and O–H groups in total. The molecule has 130 valence electrons. The molecule has 2 aromatic heterocycles. The summed E-state index contributed by atoms with van der Waals surface area (Å²) < 4.78 is 52.6. The lowest BCUT2D eigenvalue weighted by molar-refractivity contribution is -0.137. The van der Waals surface area contributed by atoms with Crippen molar-refractivity contribution in [1.82, 2.24) is 9.38 Å². The molecule has 0 saturated heterocycles. The maximum atomic E-state index is 13.1. The van der Waals surface area contributed by atoms with Crippen molar-refractivity contribution < 1.29 is 22.4 Å². The van der Waals surface area contributed by atoms with E-state index < -0.39 is 23.5 Å². The summed E-state index contributed by atoms with van der Waals surface area (Å²) in [6, 6.07) is 6.11. The van der Waals surface area contributed by atoms with E-state index in [1.54, 1.807) is 0 Å². The minimum absolute atomic E-state index is 0.114. The summed E-state index contributed by atoms with van der Waals surface area (Å²) in [6.45, 7) is 0. The van der Waals surface area contributed by atoms with Crippen molar-refractivity contribution in [2.45, 2.75) is 12.6 Å². The van der Waals surface area contributed by atoms with E-state index in [1.165, 1.54) is 24.4 Å². The average Bonchev–Trinajstić information content (AvgIpc) is 2.89. The monoisotopic (exact) mass is 371 g/mol. The molecule has 25 heavy (non-hydrogen) atoms. The first-order valence-corrected chi connectivity index (χ1v) is 7.40. The van der Waals surface area contributed by atoms with E-state index in [0.29, 0.717) is 0 Å². The Morgan fingerprint density at radius 1 is 1.24 bits per heavy atom. The zero-order valence-electron chi connectivity index (χ0n) is 12.4. The fraction of sp³-hybridized carbons (Fsp3) is 0.125. The smallest absolute Gasteiger partial charge is 0.326 e. The highest BCUT2D eigenvalue weighted by Gasteiger charge is 2.31. The van der Waals surface area contributed by atoms with Crippen LogP contribution in [0.4, 0.5) is 23.2 Å². The van der Waals surface area contributed by atoms with E-state index in [2.05, 4.69) is 10.3 Å². The molecular weight excluding hydrogens is 362 g/mol. The van der Waals surface area contributed by atoms with E-state index in [1.807, 2.05) is 0 Å². The van der Waals surface area contributed by atoms with E-state index >= 15 is 0 Å². The van der Waals surface area contributed by atoms with E-state index in [9.17, 15) is 22.4 Å². The van der Waals surface area contributed by atoms with Crippen LogP contribution in [0.25, 0.3) is 5.65 Å². The van der Waals surface area contributed by atoms with Gasteiger partial charge in [-0.2, -0.15) is 13.2 Å². The molecule has 0 saturated carbocycles. The molecule has 9 heteroatoms. The summed E-state index contributed by atoms with van der Waals surface area (Å²) >= 11 is 5.84. The number of anilines is 1. The number of amides is 1. The Balaban J connectivity index is 1.82. The summed E-state index contributed by atoms with van der Waals surface area (Å²) in [5, 5.41) is 2.31. The van der Waals surface area contributed by atoms with Crippen LogP contribution in [0, 0.1) is 5.82 Å². The maximum absolute atomic E-state index is 13.1. The minimum atomic E-state index is -4.54. The number of pyridine rings is 1. The van der Waals surface area contributed by atoms with Gasteiger partial charge >= 0.3 is 6.18 Å². The summed E-state index contributed by atoms with van der Waals surface area (Å²) in [5.74, 6) is -0.988. The van der Waals surface area contributed by atoms with Crippen LogP contribution in [0.15, 0.2) is 42.7 Å². The Bertz CT molecular complexity index is 952. The third-order valence-corrected chi connectivity index (χ3v) is 3.61. The Labute approximate surface area is 144 Å². The van der Waals surface area contributed by atoms with Crippen LogP contribution in [0.5, 0.6) is 0 Å². The molecule has 4 nitrogen and oxygen atoms in total. The van der Waals surface area contributed by atoms with Gasteiger partial charge in [0.1, 0.15) is 5.82 Å². The van der Waals surface area contributed by atoms with Gasteiger partial charge in [-0.1, -0.05) is 17.7 Å². The maximum Gasteiger partial charge on any atom is 0.417 e. The fourth-order valence-electron chi connectivity index (χ4n) is 2.28. The predicted octanol–water partition coefficient (Wildman–Crippen LogP) is 4.33. The van der Waals surface area contributed by atoms with Gasteiger partial charge in [0.05, 0.1) is 22.7 Å². The molecule has 0 aliphatic heterocycles. The van der Waals surface area contributed by atoms with Gasteiger partial charge in [-0.15, -0.1) is 0 Å². The van der Waals surface area contributed by atoms with E-state index in [4.69, 9.17) is 11.6 Å². The molecule has 0 aliphatic rings. The molecule has 0 aliphatic carbocycles. The SMILES string of the molecule is O=C(Cc1cn2cc(C(F)(F)F)cc(Cl)c2n1)Nc1cccc(F)c1. The number of rotatable bonds is 3. The number of alkyl halides is 3. The highest BCUT2D eigenvalue weighted by molar-refractivity contribution is 6.33. The van der Waals surface area contributed by atoms with Crippen molar-refractivity contribution in [2.75, 3.05) is 5.32 Å². The Morgan fingerprint density at radius 3 is 2.68 bits per heavy atom. The number of halogens is 5. The van der Waals surface area contributed by atoms with Crippen molar-refractivity contribution in [3.05, 3.63) is 64.8 Å². The van der Waals surface area contributed by atoms with Gasteiger partial charge in [0.15, 0.2) is 5.65 Å². The Morgan fingerprint density at radius 2 is 2.00 bits per heavy atom. The van der Waals surface area contributed by atoms with Crippen molar-refractivity contribution in [2.24, 2.45) is 0 Å². The van der Waals surface area contributed by atoms with Crippen LogP contribution in [-0.4, -0.2) is 15.3 Å². The number of hydrogen-bond acceptors (Lipinski definition) is 2. The number of hydrogen-bond donors (Lipinski definition) is 1. The van der Waals surface area contributed by atoms with Crippen molar-refractivity contribution in [3.63, 3.8) is 0 Å². The lowest BCUT2D eigenvalue weighted by Gasteiger charge is -2.07. The molecule has 3 rings (SSSR count). The topological polar surface area (TPSA) is 46.4 Å². The molecule has 0 atom stereocenters. The second kappa shape index (κ2) is 6.36. The molecule has 0 spiro atoms. The van der Waals surface area contributed by atoms with Crippen LogP contribution in [-0.2, 0) is 17.4 Å². The molecule has 0 unspecified atom stereocenters. The van der Waals surface area contributed by atoms with Gasteiger partial charge in [0.25, 0.3) is 0 Å². The second-order valence-electron chi connectivity index (χ2n) is 5.27. The lowest BCUT2D eigenvalue weighted by Crippen LogP contribution is -2.14. The fourth-order valence-corrected chi connectivity index (χ4v) is 2.54. The predicted molar refractivity (Wildman–Crippen MR) is 83.9 cm³/mol. The molecule has 0 fully saturated rings. The highest BCUT2D eigenvalue weighted by atomic mass is 35.5. The first kappa shape index (κ1) is 17.2. The molecule has 1 aromatic carbocycles. The Kier molecular flexibility index (Phi) is 4.38. The lowest BCUT2D eigenvalue weighted by atomic mass is 10.2. The first-order valence-electron chi connectivity index (χ1n) is 7.02. The molecule has 0 radical (unpaired) electrons. The van der Waals surface area contributed by atoms with Crippen molar-refractivity contribution >= 4 is 28.8 Å². The number of nitrogens with one attached hydrogen (secondary N) is 1. The van der Waals surface area contributed by atoms with Gasteiger partial charge in [-0.25, -0.2) is 9.37 Å². The van der Waals surface area contributed by atoms with Gasteiger partial charge in [0.2, 0.25) is 5.91 Å². The van der Waals surface area contributed by atoms with Gasteiger partial charge < -0.3 is 9.72 Å². The van der Waals surface area contributed by atoms with Crippen molar-refractivity contribution in [1.29, 1.82) is 0 Å². The standard InChI is InChI=1S/C16H10ClF4N3O/c17-13-4-9(16(19,20)21)7-24-8-12(23-15(13)24)6-14(25)22-11-3-1-2-10(18)5-11/h1-5,7-8H,6H2,(H,22,25). The largest absolute Gasteiger partial charge is 0.417 e. The third-order valence-electron chi connectivity index (χ3n) is 3.33. The molecule has 1 amide bonds.